The van der Waals surface area contributed by atoms with E-state index in [0.717, 1.165) is 117 Å². The highest BCUT2D eigenvalue weighted by Gasteiger charge is 2.20. The lowest BCUT2D eigenvalue weighted by atomic mass is 10.0. The Hall–Kier alpha value is -7.51. The minimum atomic E-state index is -0.999. The molecule has 0 atom stereocenters. The van der Waals surface area contributed by atoms with E-state index >= 15 is 0 Å². The predicted molar refractivity (Wildman–Crippen MR) is 286 cm³/mol. The molecule has 0 unspecified atom stereocenters. The van der Waals surface area contributed by atoms with Gasteiger partial charge in [0.1, 0.15) is 17.5 Å². The molecule has 8 aromatic rings. The molecule has 376 valence electrons. The fourth-order valence-corrected chi connectivity index (χ4v) is 10.7. The van der Waals surface area contributed by atoms with Crippen molar-refractivity contribution in [1.82, 2.24) is 38.6 Å². The number of carboxylic acid groups (broad SMARTS) is 1. The van der Waals surface area contributed by atoms with Crippen LogP contribution in [0.1, 0.15) is 135 Å². The third-order valence-corrected chi connectivity index (χ3v) is 14.9. The number of aromatic nitrogens is 8. The van der Waals surface area contributed by atoms with Crippen molar-refractivity contribution < 1.29 is 19.5 Å². The topological polar surface area (TPSA) is 226 Å². The Morgan fingerprint density at radius 2 is 0.932 bits per heavy atom. The van der Waals surface area contributed by atoms with Crippen LogP contribution in [0.3, 0.4) is 0 Å². The summed E-state index contributed by atoms with van der Waals surface area (Å²) in [6, 6.07) is 14.6. The van der Waals surface area contributed by atoms with Gasteiger partial charge in [-0.05, 0) is 119 Å². The number of aryl methyl sites for hydroxylation is 4. The van der Waals surface area contributed by atoms with E-state index in [4.69, 9.17) is 10.1 Å². The van der Waals surface area contributed by atoms with Crippen LogP contribution in [0, 0.1) is 13.8 Å². The number of nitrogens with one attached hydrogen (secondary N) is 2. The van der Waals surface area contributed by atoms with Crippen molar-refractivity contribution in [3.8, 4) is 0 Å². The summed E-state index contributed by atoms with van der Waals surface area (Å²) in [6.07, 6.45) is 17.6. The second kappa shape index (κ2) is 22.5. The molecule has 0 bridgehead atoms. The van der Waals surface area contributed by atoms with Crippen molar-refractivity contribution in [3.63, 3.8) is 0 Å². The number of aromatic carboxylic acids is 1. The van der Waals surface area contributed by atoms with E-state index in [1.807, 2.05) is 13.8 Å². The van der Waals surface area contributed by atoms with Gasteiger partial charge in [-0.15, -0.1) is 22.7 Å². The van der Waals surface area contributed by atoms with Gasteiger partial charge in [-0.2, -0.15) is 0 Å². The summed E-state index contributed by atoms with van der Waals surface area (Å²) in [5, 5.41) is 17.3. The number of hydrogen-bond acceptors (Lipinski definition) is 13. The normalized spacial score (nSPS) is 14.7. The van der Waals surface area contributed by atoms with E-state index in [-0.39, 0.29) is 34.1 Å². The molecular formula is C54H56N10O7S2. The molecule has 3 N–H and O–H groups in total. The quantitative estimate of drug-likeness (QED) is 0.146. The molecule has 3 aliphatic heterocycles. The van der Waals surface area contributed by atoms with Gasteiger partial charge in [0.15, 0.2) is 10.3 Å². The summed E-state index contributed by atoms with van der Waals surface area (Å²) >= 11 is 2.84. The smallest absolute Gasteiger partial charge is 0.335 e. The maximum absolute atomic E-state index is 12.9. The molecule has 0 aliphatic carbocycles. The third-order valence-electron chi connectivity index (χ3n) is 13.2. The van der Waals surface area contributed by atoms with Gasteiger partial charge in [0.25, 0.3) is 28.5 Å². The number of hydrogen-bond donors (Lipinski definition) is 3. The Labute approximate surface area is 427 Å². The van der Waals surface area contributed by atoms with Crippen molar-refractivity contribution in [2.75, 3.05) is 10.6 Å². The van der Waals surface area contributed by atoms with Crippen molar-refractivity contribution in [3.05, 3.63) is 149 Å². The first-order valence-electron chi connectivity index (χ1n) is 24.8. The minimum Gasteiger partial charge on any atom is -0.478 e. The SMILES string of the molecule is C=C1CCCCCn2c1nc1cc(C(=O)Nc3ncc(C)s3)ccc1c2=O.Cc1cnc(NC(=O)c2ccc3c(=O)n4c(nc3c2)CCCCCC4)s1.O=C(O)c1ccc2c(=O)n3c(nc2c1)CCCCCC3. The fourth-order valence-electron chi connectivity index (χ4n) is 9.36. The standard InChI is InChI=1S/C20H20N4O2S.C19H20N4O2S.C15H16N2O3/c1-12-6-4-3-5-9-24-17(12)22-16-10-14(7-8-15(16)19(24)26)18(25)23-20-21-11-13(2)27-20;1-12-11-20-19(26-12)22-17(24)13-7-8-14-15(10-13)21-16-6-4-2-3-5-9-23(16)18(14)25;18-14-11-7-6-10(15(19)20)9-12(11)16-13-5-3-1-2-4-8-17(13)14/h7-8,10-11H,1,3-6,9H2,2H3,(H,21,23,25);7-8,10-11H,2-6,9H2,1H3,(H,20,22,24);6-7,9H,1-5,8H2,(H,19,20). The lowest BCUT2D eigenvalue weighted by molar-refractivity contribution is 0.0696. The summed E-state index contributed by atoms with van der Waals surface area (Å²) in [6.45, 7) is 10.1. The number of anilines is 2. The molecule has 5 aromatic heterocycles. The molecule has 2 amide bonds. The molecular weight excluding hydrogens is 965 g/mol. The van der Waals surface area contributed by atoms with E-state index < -0.39 is 5.97 Å². The van der Waals surface area contributed by atoms with Crippen LogP contribution in [0.5, 0.6) is 0 Å². The van der Waals surface area contributed by atoms with Crippen LogP contribution in [0.15, 0.2) is 88.0 Å². The predicted octanol–water partition coefficient (Wildman–Crippen LogP) is 9.74. The first-order chi connectivity index (χ1) is 35.3. The molecule has 0 saturated heterocycles. The second-order valence-corrected chi connectivity index (χ2v) is 21.0. The lowest BCUT2D eigenvalue weighted by Crippen LogP contribution is -2.26. The van der Waals surface area contributed by atoms with E-state index in [0.29, 0.717) is 73.0 Å². The molecule has 17 nitrogen and oxygen atoms in total. The van der Waals surface area contributed by atoms with Crippen molar-refractivity contribution in [2.24, 2.45) is 0 Å². The van der Waals surface area contributed by atoms with Crippen molar-refractivity contribution in [1.29, 1.82) is 0 Å². The zero-order valence-electron chi connectivity index (χ0n) is 40.9. The molecule has 0 fully saturated rings. The lowest BCUT2D eigenvalue weighted by Gasteiger charge is -2.18. The summed E-state index contributed by atoms with van der Waals surface area (Å²) < 4.78 is 5.28. The molecule has 3 aliphatic rings. The fraction of sp³-hybridized carbons (Fsp3) is 0.352. The van der Waals surface area contributed by atoms with Crippen molar-refractivity contribution >= 4 is 89.0 Å². The monoisotopic (exact) mass is 1020 g/mol. The molecule has 73 heavy (non-hydrogen) atoms. The molecule has 0 spiro atoms. The number of fused-ring (bicyclic) bond motifs is 6. The van der Waals surface area contributed by atoms with Gasteiger partial charge in [0.05, 0.1) is 38.3 Å². The van der Waals surface area contributed by atoms with Crippen LogP contribution in [0.25, 0.3) is 38.3 Å². The van der Waals surface area contributed by atoms with Gasteiger partial charge in [0.2, 0.25) is 0 Å². The number of carboxylic acids is 1. The van der Waals surface area contributed by atoms with Crippen LogP contribution < -0.4 is 27.3 Å². The van der Waals surface area contributed by atoms with Crippen LogP contribution in [-0.2, 0) is 32.5 Å². The minimum absolute atomic E-state index is 0.00518. The molecule has 19 heteroatoms. The largest absolute Gasteiger partial charge is 0.478 e. The number of amides is 2. The maximum atomic E-state index is 12.9. The van der Waals surface area contributed by atoms with Gasteiger partial charge in [-0.3, -0.25) is 48.3 Å². The number of carbonyl (C=O) groups excluding carboxylic acids is 2. The molecule has 8 heterocycles. The third kappa shape index (κ3) is 11.6. The molecule has 11 rings (SSSR count). The number of carbonyl (C=O) groups is 3. The number of benzene rings is 3. The number of thiazole rings is 2. The van der Waals surface area contributed by atoms with Gasteiger partial charge in [0, 0.05) is 65.8 Å². The van der Waals surface area contributed by atoms with E-state index in [1.165, 1.54) is 41.2 Å². The number of rotatable bonds is 5. The Balaban J connectivity index is 0.000000136. The van der Waals surface area contributed by atoms with Crippen LogP contribution >= 0.6 is 22.7 Å². The molecule has 3 aromatic carbocycles. The first kappa shape index (κ1) is 50.4. The highest BCUT2D eigenvalue weighted by molar-refractivity contribution is 7.16. The Morgan fingerprint density at radius 1 is 0.534 bits per heavy atom. The van der Waals surface area contributed by atoms with E-state index in [9.17, 15) is 28.8 Å². The number of nitrogens with zero attached hydrogens (tertiary/aromatic N) is 8. The van der Waals surface area contributed by atoms with Gasteiger partial charge in [-0.25, -0.2) is 29.7 Å². The second-order valence-electron chi connectivity index (χ2n) is 18.6. The highest BCUT2D eigenvalue weighted by atomic mass is 32.1. The summed E-state index contributed by atoms with van der Waals surface area (Å²) in [5.74, 6) is 0.745. The van der Waals surface area contributed by atoms with E-state index in [2.05, 4.69) is 37.1 Å². The Morgan fingerprint density at radius 3 is 1.40 bits per heavy atom. The van der Waals surface area contributed by atoms with Gasteiger partial charge < -0.3 is 5.11 Å². The zero-order chi connectivity index (χ0) is 51.2. The van der Waals surface area contributed by atoms with Gasteiger partial charge >= 0.3 is 5.97 Å². The van der Waals surface area contributed by atoms with Crippen molar-refractivity contribution in [2.45, 2.75) is 123 Å². The molecule has 0 saturated carbocycles. The number of allylic oxidation sites excluding steroid dienone is 1. The van der Waals surface area contributed by atoms with E-state index in [1.54, 1.807) is 68.6 Å². The summed E-state index contributed by atoms with van der Waals surface area (Å²) in [5.41, 5.74) is 3.44. The Kier molecular flexibility index (Phi) is 15.5. The average Bonchev–Trinajstić information content (AvgIpc) is 3.97. The molecule has 0 radical (unpaired) electrons. The van der Waals surface area contributed by atoms with Crippen LogP contribution in [-0.4, -0.2) is 61.5 Å². The van der Waals surface area contributed by atoms with Crippen LogP contribution in [0.2, 0.25) is 0 Å². The Bertz CT molecular complexity index is 3630. The van der Waals surface area contributed by atoms with Gasteiger partial charge in [-0.1, -0.05) is 38.7 Å². The summed E-state index contributed by atoms with van der Waals surface area (Å²) in [7, 11) is 0. The maximum Gasteiger partial charge on any atom is 0.335 e. The average molecular weight is 1020 g/mol. The van der Waals surface area contributed by atoms with Crippen LogP contribution in [0.4, 0.5) is 10.3 Å². The highest BCUT2D eigenvalue weighted by Crippen LogP contribution is 2.25. The summed E-state index contributed by atoms with van der Waals surface area (Å²) in [4.78, 5) is 98.5. The zero-order valence-corrected chi connectivity index (χ0v) is 42.5. The first-order valence-corrected chi connectivity index (χ1v) is 26.4.